The first-order valence-electron chi connectivity index (χ1n) is 4.77. The Morgan fingerprint density at radius 1 is 1.40 bits per heavy atom. The summed E-state index contributed by atoms with van der Waals surface area (Å²) in [5, 5.41) is 9.17. The molecular formula is C10H11NO4. The molecule has 1 saturated carbocycles. The summed E-state index contributed by atoms with van der Waals surface area (Å²) in [4.78, 5) is 34.9. The molecule has 0 aromatic heterocycles. The van der Waals surface area contributed by atoms with Gasteiger partial charge in [-0.1, -0.05) is 0 Å². The minimum absolute atomic E-state index is 0.109. The van der Waals surface area contributed by atoms with Gasteiger partial charge in [0.1, 0.15) is 5.54 Å². The van der Waals surface area contributed by atoms with Gasteiger partial charge in [0.15, 0.2) is 0 Å². The second-order valence-corrected chi connectivity index (χ2v) is 4.07. The zero-order chi connectivity index (χ0) is 11.2. The van der Waals surface area contributed by atoms with Crippen molar-refractivity contribution in [3.05, 3.63) is 12.2 Å². The lowest BCUT2D eigenvalue weighted by atomic mass is 9.93. The van der Waals surface area contributed by atoms with Crippen LogP contribution in [0.5, 0.6) is 0 Å². The van der Waals surface area contributed by atoms with Gasteiger partial charge in [-0.05, 0) is 25.7 Å². The van der Waals surface area contributed by atoms with Crippen LogP contribution in [-0.2, 0) is 14.4 Å². The molecule has 1 heterocycles. The Hall–Kier alpha value is -1.65. The van der Waals surface area contributed by atoms with Crippen molar-refractivity contribution in [3.63, 3.8) is 0 Å². The van der Waals surface area contributed by atoms with E-state index in [0.29, 0.717) is 0 Å². The number of hydrogen-bond donors (Lipinski definition) is 1. The molecule has 5 nitrogen and oxygen atoms in total. The van der Waals surface area contributed by atoms with Crippen LogP contribution in [0.2, 0.25) is 0 Å². The van der Waals surface area contributed by atoms with E-state index in [4.69, 9.17) is 5.11 Å². The molecule has 1 fully saturated rings. The molecule has 0 spiro atoms. The highest BCUT2D eigenvalue weighted by Crippen LogP contribution is 2.44. The van der Waals surface area contributed by atoms with Crippen LogP contribution in [0.1, 0.15) is 19.8 Å². The highest BCUT2D eigenvalue weighted by Gasteiger charge is 2.55. The number of aliphatic carboxylic acids is 1. The highest BCUT2D eigenvalue weighted by molar-refractivity contribution is 6.15. The molecule has 5 heteroatoms. The van der Waals surface area contributed by atoms with Crippen LogP contribution < -0.4 is 0 Å². The van der Waals surface area contributed by atoms with Crippen molar-refractivity contribution in [1.82, 2.24) is 4.90 Å². The topological polar surface area (TPSA) is 74.7 Å². The molecule has 15 heavy (non-hydrogen) atoms. The fraction of sp³-hybridized carbons (Fsp3) is 0.500. The molecule has 2 amide bonds. The number of imide groups is 1. The number of nitrogens with zero attached hydrogens (tertiary/aromatic N) is 1. The Morgan fingerprint density at radius 3 is 2.20 bits per heavy atom. The fourth-order valence-corrected chi connectivity index (χ4v) is 1.96. The van der Waals surface area contributed by atoms with Gasteiger partial charge >= 0.3 is 5.97 Å². The van der Waals surface area contributed by atoms with Gasteiger partial charge in [0.2, 0.25) is 0 Å². The molecule has 1 N–H and O–H groups in total. The predicted octanol–water partition coefficient (Wildman–Crippen LogP) is 0.165. The first-order valence-corrected chi connectivity index (χ1v) is 4.77. The van der Waals surface area contributed by atoms with E-state index in [1.807, 2.05) is 0 Å². The molecule has 80 valence electrons. The van der Waals surface area contributed by atoms with E-state index in [2.05, 4.69) is 0 Å². The van der Waals surface area contributed by atoms with Gasteiger partial charge in [-0.25, -0.2) is 4.79 Å². The third-order valence-corrected chi connectivity index (χ3v) is 3.08. The lowest BCUT2D eigenvalue weighted by Crippen LogP contribution is -2.56. The molecule has 1 aliphatic carbocycles. The van der Waals surface area contributed by atoms with Crippen molar-refractivity contribution >= 4 is 17.8 Å². The normalized spacial score (nSPS) is 24.5. The van der Waals surface area contributed by atoms with Gasteiger partial charge < -0.3 is 5.11 Å². The van der Waals surface area contributed by atoms with Crippen molar-refractivity contribution in [3.8, 4) is 0 Å². The van der Waals surface area contributed by atoms with E-state index in [9.17, 15) is 14.4 Å². The molecular weight excluding hydrogens is 198 g/mol. The van der Waals surface area contributed by atoms with E-state index >= 15 is 0 Å². The lowest BCUT2D eigenvalue weighted by molar-refractivity contribution is -0.162. The SMILES string of the molecule is CC(C(=O)O)(C1CC1)N1C(=O)C=CC1=O. The van der Waals surface area contributed by atoms with E-state index in [0.717, 1.165) is 29.9 Å². The highest BCUT2D eigenvalue weighted by atomic mass is 16.4. The molecule has 0 bridgehead atoms. The van der Waals surface area contributed by atoms with Crippen molar-refractivity contribution in [2.24, 2.45) is 5.92 Å². The lowest BCUT2D eigenvalue weighted by Gasteiger charge is -2.33. The van der Waals surface area contributed by atoms with Gasteiger partial charge in [-0.3, -0.25) is 14.5 Å². The molecule has 0 aromatic rings. The maximum Gasteiger partial charge on any atom is 0.330 e. The zero-order valence-electron chi connectivity index (χ0n) is 8.27. The number of rotatable bonds is 3. The van der Waals surface area contributed by atoms with Crippen LogP contribution >= 0.6 is 0 Å². The number of hydrogen-bond acceptors (Lipinski definition) is 3. The van der Waals surface area contributed by atoms with E-state index in [-0.39, 0.29) is 5.92 Å². The second kappa shape index (κ2) is 2.92. The zero-order valence-corrected chi connectivity index (χ0v) is 8.27. The Balaban J connectivity index is 2.37. The van der Waals surface area contributed by atoms with Crippen LogP contribution in [0.15, 0.2) is 12.2 Å². The van der Waals surface area contributed by atoms with E-state index < -0.39 is 23.3 Å². The Kier molecular flexibility index (Phi) is 1.92. The summed E-state index contributed by atoms with van der Waals surface area (Å²) in [5.74, 6) is -2.29. The Bertz CT molecular complexity index is 365. The summed E-state index contributed by atoms with van der Waals surface area (Å²) in [6.45, 7) is 1.44. The summed E-state index contributed by atoms with van der Waals surface area (Å²) in [6.07, 6.45) is 3.73. The van der Waals surface area contributed by atoms with E-state index in [1.54, 1.807) is 0 Å². The molecule has 1 unspecified atom stereocenters. The van der Waals surface area contributed by atoms with Crippen LogP contribution in [-0.4, -0.2) is 33.3 Å². The maximum absolute atomic E-state index is 11.4. The standard InChI is InChI=1S/C10H11NO4/c1-10(9(14)15,6-2-3-6)11-7(12)4-5-8(11)13/h4-6H,2-3H2,1H3,(H,14,15). The molecule has 0 saturated heterocycles. The van der Waals surface area contributed by atoms with Crippen molar-refractivity contribution < 1.29 is 19.5 Å². The number of carbonyl (C=O) groups is 3. The number of carbonyl (C=O) groups excluding carboxylic acids is 2. The summed E-state index contributed by atoms with van der Waals surface area (Å²) >= 11 is 0. The monoisotopic (exact) mass is 209 g/mol. The predicted molar refractivity (Wildman–Crippen MR) is 49.8 cm³/mol. The molecule has 2 rings (SSSR count). The van der Waals surface area contributed by atoms with Gasteiger partial charge in [-0.15, -0.1) is 0 Å². The molecule has 1 atom stereocenters. The average molecular weight is 209 g/mol. The second-order valence-electron chi connectivity index (χ2n) is 4.07. The fourth-order valence-electron chi connectivity index (χ4n) is 1.96. The smallest absolute Gasteiger partial charge is 0.330 e. The quantitative estimate of drug-likeness (QED) is 0.672. The largest absolute Gasteiger partial charge is 0.479 e. The minimum Gasteiger partial charge on any atom is -0.479 e. The minimum atomic E-state index is -1.38. The third-order valence-electron chi connectivity index (χ3n) is 3.08. The first kappa shape index (κ1) is 9.89. The Morgan fingerprint density at radius 2 is 1.87 bits per heavy atom. The summed E-state index contributed by atoms with van der Waals surface area (Å²) in [7, 11) is 0. The summed E-state index contributed by atoms with van der Waals surface area (Å²) in [6, 6.07) is 0. The molecule has 2 aliphatic rings. The van der Waals surface area contributed by atoms with E-state index in [1.165, 1.54) is 6.92 Å². The van der Waals surface area contributed by atoms with Crippen molar-refractivity contribution in [1.29, 1.82) is 0 Å². The van der Waals surface area contributed by atoms with Gasteiger partial charge in [-0.2, -0.15) is 0 Å². The third kappa shape index (κ3) is 1.26. The van der Waals surface area contributed by atoms with Gasteiger partial charge in [0, 0.05) is 12.2 Å². The van der Waals surface area contributed by atoms with Crippen molar-refractivity contribution in [2.45, 2.75) is 25.3 Å². The number of carboxylic acid groups (broad SMARTS) is 1. The number of carboxylic acids is 1. The molecule has 1 aliphatic heterocycles. The van der Waals surface area contributed by atoms with Gasteiger partial charge in [0.05, 0.1) is 0 Å². The Labute approximate surface area is 86.4 Å². The van der Waals surface area contributed by atoms with Crippen LogP contribution in [0.25, 0.3) is 0 Å². The first-order chi connectivity index (χ1) is 6.98. The number of amides is 2. The molecule has 0 aromatic carbocycles. The van der Waals surface area contributed by atoms with Gasteiger partial charge in [0.25, 0.3) is 11.8 Å². The molecule has 0 radical (unpaired) electrons. The summed E-state index contributed by atoms with van der Waals surface area (Å²) in [5.41, 5.74) is -1.38. The average Bonchev–Trinajstić information content (AvgIpc) is 2.93. The summed E-state index contributed by atoms with van der Waals surface area (Å²) < 4.78 is 0. The maximum atomic E-state index is 11.4. The van der Waals surface area contributed by atoms with Crippen molar-refractivity contribution in [2.75, 3.05) is 0 Å². The van der Waals surface area contributed by atoms with Crippen LogP contribution in [0, 0.1) is 5.92 Å². The van der Waals surface area contributed by atoms with Crippen LogP contribution in [0.3, 0.4) is 0 Å². The van der Waals surface area contributed by atoms with Crippen LogP contribution in [0.4, 0.5) is 0 Å².